The lowest BCUT2D eigenvalue weighted by Crippen LogP contribution is -2.27. The lowest BCUT2D eigenvalue weighted by Gasteiger charge is -2.28. The summed E-state index contributed by atoms with van der Waals surface area (Å²) in [5.41, 5.74) is 1.78. The molecule has 1 aromatic carbocycles. The van der Waals surface area contributed by atoms with Crippen LogP contribution in [0.25, 0.3) is 0 Å². The molecule has 0 bridgehead atoms. The van der Waals surface area contributed by atoms with Crippen LogP contribution < -0.4 is 14.8 Å². The summed E-state index contributed by atoms with van der Waals surface area (Å²) in [5.74, 6) is 1.92. The number of hydrogen-bond acceptors (Lipinski definition) is 4. The zero-order chi connectivity index (χ0) is 12.4. The van der Waals surface area contributed by atoms with E-state index < -0.39 is 0 Å². The van der Waals surface area contributed by atoms with E-state index in [1.165, 1.54) is 5.56 Å². The Morgan fingerprint density at radius 3 is 2.56 bits per heavy atom. The molecule has 0 aromatic heterocycles. The Morgan fingerprint density at radius 2 is 1.83 bits per heavy atom. The Morgan fingerprint density at radius 1 is 1.11 bits per heavy atom. The number of piperidine rings is 1. The highest BCUT2D eigenvalue weighted by Gasteiger charge is 2.25. The first kappa shape index (κ1) is 11.5. The lowest BCUT2D eigenvalue weighted by molar-refractivity contribution is 0.111. The molecule has 0 radical (unpaired) electrons. The number of nitrogens with one attached hydrogen (secondary N) is 1. The Kier molecular flexibility index (Phi) is 3.19. The fraction of sp³-hybridized carbons (Fsp3) is 0.500. The van der Waals surface area contributed by atoms with Gasteiger partial charge in [0, 0.05) is 5.56 Å². The molecule has 0 atom stereocenters. The topological polar surface area (TPSA) is 47.6 Å². The molecule has 4 heteroatoms. The van der Waals surface area contributed by atoms with E-state index in [1.807, 2.05) is 12.1 Å². The van der Waals surface area contributed by atoms with Crippen molar-refractivity contribution < 1.29 is 14.3 Å². The number of hydrogen-bond donors (Lipinski definition) is 1. The van der Waals surface area contributed by atoms with Crippen molar-refractivity contribution in [2.75, 3.05) is 26.3 Å². The second-order valence-corrected chi connectivity index (χ2v) is 4.74. The molecule has 1 aromatic rings. The van der Waals surface area contributed by atoms with Crippen LogP contribution in [-0.2, 0) is 0 Å². The van der Waals surface area contributed by atoms with Crippen molar-refractivity contribution in [2.45, 2.75) is 18.8 Å². The van der Waals surface area contributed by atoms with Crippen molar-refractivity contribution in [1.82, 2.24) is 5.32 Å². The summed E-state index contributed by atoms with van der Waals surface area (Å²) >= 11 is 0. The van der Waals surface area contributed by atoms with Gasteiger partial charge in [0.25, 0.3) is 0 Å². The van der Waals surface area contributed by atoms with Crippen LogP contribution in [0.5, 0.6) is 11.5 Å². The van der Waals surface area contributed by atoms with Gasteiger partial charge in [0.05, 0.1) is 5.56 Å². The van der Waals surface area contributed by atoms with Crippen molar-refractivity contribution in [3.05, 3.63) is 23.3 Å². The van der Waals surface area contributed by atoms with Crippen LogP contribution in [0, 0.1) is 0 Å². The zero-order valence-corrected chi connectivity index (χ0v) is 10.3. The third-order valence-electron chi connectivity index (χ3n) is 3.66. The van der Waals surface area contributed by atoms with Crippen LogP contribution in [0.1, 0.15) is 34.7 Å². The van der Waals surface area contributed by atoms with E-state index in [0.29, 0.717) is 30.4 Å². The molecule has 1 fully saturated rings. The average Bonchev–Trinajstić information content (AvgIpc) is 2.47. The minimum Gasteiger partial charge on any atom is -0.486 e. The number of benzene rings is 1. The molecule has 2 aliphatic rings. The Hall–Kier alpha value is -1.55. The van der Waals surface area contributed by atoms with Crippen LogP contribution in [-0.4, -0.2) is 32.6 Å². The van der Waals surface area contributed by atoms with Gasteiger partial charge in [-0.15, -0.1) is 0 Å². The molecule has 0 amide bonds. The minimum absolute atomic E-state index is 0.502. The molecule has 1 N–H and O–H groups in total. The molecule has 0 aliphatic carbocycles. The zero-order valence-electron chi connectivity index (χ0n) is 10.3. The van der Waals surface area contributed by atoms with E-state index in [2.05, 4.69) is 5.32 Å². The van der Waals surface area contributed by atoms with Crippen molar-refractivity contribution >= 4 is 6.29 Å². The summed E-state index contributed by atoms with van der Waals surface area (Å²) in [6, 6.07) is 3.87. The predicted octanol–water partition coefficient (Wildman–Crippen LogP) is 1.74. The smallest absolute Gasteiger partial charge is 0.172 e. The normalized spacial score (nSPS) is 19.6. The van der Waals surface area contributed by atoms with Gasteiger partial charge in [-0.05, 0) is 37.9 Å². The monoisotopic (exact) mass is 247 g/mol. The summed E-state index contributed by atoms with van der Waals surface area (Å²) in [6.07, 6.45) is 3.05. The summed E-state index contributed by atoms with van der Waals surface area (Å²) < 4.78 is 11.4. The lowest BCUT2D eigenvalue weighted by atomic mass is 9.88. The van der Waals surface area contributed by atoms with Gasteiger partial charge in [0.2, 0.25) is 0 Å². The molecule has 4 nitrogen and oxygen atoms in total. The van der Waals surface area contributed by atoms with Gasteiger partial charge < -0.3 is 14.8 Å². The van der Waals surface area contributed by atoms with Gasteiger partial charge in [0.1, 0.15) is 13.2 Å². The molecule has 18 heavy (non-hydrogen) atoms. The first-order valence-corrected chi connectivity index (χ1v) is 6.48. The number of carbonyl (C=O) groups is 1. The van der Waals surface area contributed by atoms with E-state index in [9.17, 15) is 4.79 Å². The molecule has 0 unspecified atom stereocenters. The summed E-state index contributed by atoms with van der Waals surface area (Å²) in [5, 5.41) is 3.36. The second kappa shape index (κ2) is 4.98. The van der Waals surface area contributed by atoms with Crippen molar-refractivity contribution in [3.8, 4) is 11.5 Å². The maximum absolute atomic E-state index is 11.0. The van der Waals surface area contributed by atoms with Crippen LogP contribution in [0.2, 0.25) is 0 Å². The summed E-state index contributed by atoms with van der Waals surface area (Å²) in [4.78, 5) is 11.0. The highest BCUT2D eigenvalue weighted by Crippen LogP contribution is 2.42. The molecule has 2 heterocycles. The van der Waals surface area contributed by atoms with Crippen LogP contribution in [0.3, 0.4) is 0 Å². The molecular weight excluding hydrogens is 230 g/mol. The largest absolute Gasteiger partial charge is 0.486 e. The SMILES string of the molecule is O=Cc1ccc(C2CCNCC2)c2c1OCCO2. The third kappa shape index (κ3) is 1.97. The quantitative estimate of drug-likeness (QED) is 0.809. The van der Waals surface area contributed by atoms with E-state index >= 15 is 0 Å². The van der Waals surface area contributed by atoms with Gasteiger partial charge in [-0.25, -0.2) is 0 Å². The van der Waals surface area contributed by atoms with Crippen molar-refractivity contribution in [2.24, 2.45) is 0 Å². The molecule has 1 saturated heterocycles. The molecule has 3 rings (SSSR count). The Balaban J connectivity index is 2.01. The van der Waals surface area contributed by atoms with Gasteiger partial charge in [-0.2, -0.15) is 0 Å². The van der Waals surface area contributed by atoms with E-state index in [0.717, 1.165) is 38.0 Å². The van der Waals surface area contributed by atoms with E-state index in [1.54, 1.807) is 0 Å². The maximum Gasteiger partial charge on any atom is 0.172 e. The van der Waals surface area contributed by atoms with Crippen molar-refractivity contribution in [1.29, 1.82) is 0 Å². The van der Waals surface area contributed by atoms with Gasteiger partial charge in [-0.3, -0.25) is 4.79 Å². The van der Waals surface area contributed by atoms with Crippen LogP contribution >= 0.6 is 0 Å². The number of carbonyl (C=O) groups excluding carboxylic acids is 1. The van der Waals surface area contributed by atoms with E-state index in [4.69, 9.17) is 9.47 Å². The Bertz CT molecular complexity index is 453. The first-order chi connectivity index (χ1) is 8.90. The summed E-state index contributed by atoms with van der Waals surface area (Å²) in [7, 11) is 0. The Labute approximate surface area is 106 Å². The molecule has 0 saturated carbocycles. The minimum atomic E-state index is 0.502. The fourth-order valence-electron chi connectivity index (χ4n) is 2.73. The third-order valence-corrected chi connectivity index (χ3v) is 3.66. The fourth-order valence-corrected chi connectivity index (χ4v) is 2.73. The maximum atomic E-state index is 11.0. The van der Waals surface area contributed by atoms with Crippen LogP contribution in [0.15, 0.2) is 12.1 Å². The molecule has 96 valence electrons. The predicted molar refractivity (Wildman–Crippen MR) is 67.7 cm³/mol. The van der Waals surface area contributed by atoms with Crippen molar-refractivity contribution in [3.63, 3.8) is 0 Å². The van der Waals surface area contributed by atoms with Gasteiger partial charge >= 0.3 is 0 Å². The number of rotatable bonds is 2. The van der Waals surface area contributed by atoms with E-state index in [-0.39, 0.29) is 0 Å². The molecule has 2 aliphatic heterocycles. The highest BCUT2D eigenvalue weighted by molar-refractivity contribution is 5.82. The van der Waals surface area contributed by atoms with Gasteiger partial charge in [-0.1, -0.05) is 6.07 Å². The molecular formula is C14H17NO3. The van der Waals surface area contributed by atoms with Gasteiger partial charge in [0.15, 0.2) is 17.8 Å². The number of ether oxygens (including phenoxy) is 2. The first-order valence-electron chi connectivity index (χ1n) is 6.48. The number of aldehydes is 1. The average molecular weight is 247 g/mol. The molecule has 0 spiro atoms. The second-order valence-electron chi connectivity index (χ2n) is 4.74. The summed E-state index contributed by atoms with van der Waals surface area (Å²) in [6.45, 7) is 3.16. The highest BCUT2D eigenvalue weighted by atomic mass is 16.6. The standard InChI is InChI=1S/C14H17NO3/c16-9-11-1-2-12(10-3-5-15-6-4-10)14-13(11)17-7-8-18-14/h1-2,9-10,15H,3-8H2. The number of fused-ring (bicyclic) bond motifs is 1. The van der Waals surface area contributed by atoms with Crippen LogP contribution in [0.4, 0.5) is 0 Å².